The first-order valence-corrected chi connectivity index (χ1v) is 4.51. The standard InChI is InChI=1S/C11H16O4/c1-8(2)7-11(3,4)15-10(14)6-5-9(12)13/h5-6H,1,7H2,2-4H3,(H,12,13)/b6-5+. The molecule has 0 aliphatic rings. The van der Waals surface area contributed by atoms with E-state index in [0.29, 0.717) is 6.42 Å². The number of carboxylic acids is 1. The van der Waals surface area contributed by atoms with E-state index in [2.05, 4.69) is 6.58 Å². The van der Waals surface area contributed by atoms with Gasteiger partial charge in [-0.15, -0.1) is 0 Å². The van der Waals surface area contributed by atoms with E-state index in [9.17, 15) is 9.59 Å². The number of carbonyl (C=O) groups is 2. The van der Waals surface area contributed by atoms with E-state index in [1.807, 2.05) is 6.92 Å². The molecule has 0 unspecified atom stereocenters. The predicted molar refractivity (Wildman–Crippen MR) is 56.4 cm³/mol. The highest BCUT2D eigenvalue weighted by Gasteiger charge is 2.21. The van der Waals surface area contributed by atoms with Gasteiger partial charge in [-0.05, 0) is 20.8 Å². The molecule has 84 valence electrons. The van der Waals surface area contributed by atoms with Gasteiger partial charge in [-0.3, -0.25) is 0 Å². The Morgan fingerprint density at radius 3 is 2.33 bits per heavy atom. The Hall–Kier alpha value is -1.58. The number of esters is 1. The van der Waals surface area contributed by atoms with Gasteiger partial charge < -0.3 is 9.84 Å². The molecule has 0 aromatic rings. The second-order valence-electron chi connectivity index (χ2n) is 3.99. The van der Waals surface area contributed by atoms with Crippen molar-refractivity contribution in [1.82, 2.24) is 0 Å². The van der Waals surface area contributed by atoms with E-state index in [1.165, 1.54) is 0 Å². The molecule has 4 nitrogen and oxygen atoms in total. The quantitative estimate of drug-likeness (QED) is 0.429. The summed E-state index contributed by atoms with van der Waals surface area (Å²) in [6.07, 6.45) is 2.18. The molecule has 0 aliphatic heterocycles. The number of carbonyl (C=O) groups excluding carboxylic acids is 1. The first-order chi connectivity index (χ1) is 6.73. The van der Waals surface area contributed by atoms with E-state index >= 15 is 0 Å². The molecular weight excluding hydrogens is 196 g/mol. The maximum atomic E-state index is 11.1. The maximum absolute atomic E-state index is 11.1. The Morgan fingerprint density at radius 2 is 1.93 bits per heavy atom. The van der Waals surface area contributed by atoms with Crippen molar-refractivity contribution < 1.29 is 19.4 Å². The van der Waals surface area contributed by atoms with Crippen LogP contribution in [-0.2, 0) is 14.3 Å². The Morgan fingerprint density at radius 1 is 1.40 bits per heavy atom. The highest BCUT2D eigenvalue weighted by atomic mass is 16.6. The molecule has 0 saturated heterocycles. The van der Waals surface area contributed by atoms with E-state index in [4.69, 9.17) is 9.84 Å². The highest BCUT2D eigenvalue weighted by molar-refractivity contribution is 5.90. The fourth-order valence-electron chi connectivity index (χ4n) is 1.21. The minimum Gasteiger partial charge on any atom is -0.478 e. The van der Waals surface area contributed by atoms with Gasteiger partial charge in [0.25, 0.3) is 0 Å². The van der Waals surface area contributed by atoms with Crippen LogP contribution in [0.15, 0.2) is 24.3 Å². The molecule has 0 aromatic heterocycles. The summed E-state index contributed by atoms with van der Waals surface area (Å²) >= 11 is 0. The summed E-state index contributed by atoms with van der Waals surface area (Å²) in [5.41, 5.74) is 0.237. The lowest BCUT2D eigenvalue weighted by molar-refractivity contribution is -0.150. The summed E-state index contributed by atoms with van der Waals surface area (Å²) < 4.78 is 5.05. The normalized spacial score (nSPS) is 11.4. The van der Waals surface area contributed by atoms with Crippen molar-refractivity contribution in [3.63, 3.8) is 0 Å². The number of aliphatic carboxylic acids is 1. The number of hydrogen-bond donors (Lipinski definition) is 1. The largest absolute Gasteiger partial charge is 0.478 e. The van der Waals surface area contributed by atoms with Gasteiger partial charge in [-0.2, -0.15) is 0 Å². The monoisotopic (exact) mass is 212 g/mol. The molecule has 0 saturated carbocycles. The minimum atomic E-state index is -1.18. The topological polar surface area (TPSA) is 63.6 Å². The second kappa shape index (κ2) is 5.34. The molecular formula is C11H16O4. The van der Waals surface area contributed by atoms with E-state index in [1.54, 1.807) is 13.8 Å². The van der Waals surface area contributed by atoms with Crippen LogP contribution in [0.3, 0.4) is 0 Å². The zero-order valence-electron chi connectivity index (χ0n) is 9.24. The van der Waals surface area contributed by atoms with Crippen LogP contribution >= 0.6 is 0 Å². The Balaban J connectivity index is 4.27. The number of rotatable bonds is 5. The first-order valence-electron chi connectivity index (χ1n) is 4.51. The molecule has 0 heterocycles. The summed E-state index contributed by atoms with van der Waals surface area (Å²) in [5, 5.41) is 8.30. The average molecular weight is 212 g/mol. The first kappa shape index (κ1) is 13.4. The van der Waals surface area contributed by atoms with Gasteiger partial charge in [0.2, 0.25) is 0 Å². The molecule has 0 fully saturated rings. The van der Waals surface area contributed by atoms with Crippen LogP contribution in [0.25, 0.3) is 0 Å². The minimum absolute atomic E-state index is 0.541. The zero-order valence-corrected chi connectivity index (χ0v) is 9.24. The lowest BCUT2D eigenvalue weighted by atomic mass is 10.0. The van der Waals surface area contributed by atoms with Crippen molar-refractivity contribution in [3.05, 3.63) is 24.3 Å². The summed E-state index contributed by atoms with van der Waals surface area (Å²) in [6.45, 7) is 9.04. The number of hydrogen-bond acceptors (Lipinski definition) is 3. The fraction of sp³-hybridized carbons (Fsp3) is 0.455. The second-order valence-corrected chi connectivity index (χ2v) is 3.99. The summed E-state index contributed by atoms with van der Waals surface area (Å²) in [5.74, 6) is -1.84. The van der Waals surface area contributed by atoms with Crippen LogP contribution in [0.1, 0.15) is 27.2 Å². The van der Waals surface area contributed by atoms with Gasteiger partial charge in [-0.1, -0.05) is 12.2 Å². The zero-order chi connectivity index (χ0) is 12.1. The maximum Gasteiger partial charge on any atom is 0.331 e. The van der Waals surface area contributed by atoms with E-state index < -0.39 is 17.5 Å². The lowest BCUT2D eigenvalue weighted by Gasteiger charge is -2.24. The smallest absolute Gasteiger partial charge is 0.331 e. The van der Waals surface area contributed by atoms with Crippen molar-refractivity contribution in [2.45, 2.75) is 32.8 Å². The summed E-state index contributed by atoms with van der Waals surface area (Å²) in [7, 11) is 0. The van der Waals surface area contributed by atoms with Crippen LogP contribution in [0.5, 0.6) is 0 Å². The van der Waals surface area contributed by atoms with Crippen LogP contribution < -0.4 is 0 Å². The molecule has 0 atom stereocenters. The summed E-state index contributed by atoms with van der Waals surface area (Å²) in [4.78, 5) is 21.3. The number of ether oxygens (including phenoxy) is 1. The Bertz CT molecular complexity index is 300. The van der Waals surface area contributed by atoms with Crippen molar-refractivity contribution in [3.8, 4) is 0 Å². The van der Waals surface area contributed by atoms with Crippen molar-refractivity contribution in [2.24, 2.45) is 0 Å². The molecule has 1 N–H and O–H groups in total. The van der Waals surface area contributed by atoms with Gasteiger partial charge in [0.05, 0.1) is 0 Å². The van der Waals surface area contributed by atoms with Gasteiger partial charge in [-0.25, -0.2) is 9.59 Å². The SMILES string of the molecule is C=C(C)CC(C)(C)OC(=O)/C=C/C(=O)O. The molecule has 0 aliphatic carbocycles. The summed E-state index contributed by atoms with van der Waals surface area (Å²) in [6, 6.07) is 0. The third-order valence-electron chi connectivity index (χ3n) is 1.47. The lowest BCUT2D eigenvalue weighted by Crippen LogP contribution is -2.27. The van der Waals surface area contributed by atoms with Gasteiger partial charge >= 0.3 is 11.9 Å². The van der Waals surface area contributed by atoms with Gasteiger partial charge in [0.15, 0.2) is 0 Å². The Labute approximate surface area is 89.2 Å². The number of carboxylic acid groups (broad SMARTS) is 1. The van der Waals surface area contributed by atoms with Crippen LogP contribution in [0, 0.1) is 0 Å². The molecule has 0 rings (SSSR count). The predicted octanol–water partition coefficient (Wildman–Crippen LogP) is 1.92. The van der Waals surface area contributed by atoms with Gasteiger partial charge in [0.1, 0.15) is 5.60 Å². The average Bonchev–Trinajstić information content (AvgIpc) is 1.96. The Kier molecular flexibility index (Phi) is 4.78. The van der Waals surface area contributed by atoms with Crippen molar-refractivity contribution in [2.75, 3.05) is 0 Å². The third-order valence-corrected chi connectivity index (χ3v) is 1.47. The molecule has 0 radical (unpaired) electrons. The van der Waals surface area contributed by atoms with Crippen molar-refractivity contribution in [1.29, 1.82) is 0 Å². The third kappa shape index (κ3) is 7.49. The van der Waals surface area contributed by atoms with Crippen LogP contribution in [-0.4, -0.2) is 22.6 Å². The highest BCUT2D eigenvalue weighted by Crippen LogP contribution is 2.19. The van der Waals surface area contributed by atoms with E-state index in [0.717, 1.165) is 17.7 Å². The molecule has 4 heteroatoms. The van der Waals surface area contributed by atoms with Crippen LogP contribution in [0.4, 0.5) is 0 Å². The molecule has 0 spiro atoms. The van der Waals surface area contributed by atoms with Gasteiger partial charge in [0, 0.05) is 18.6 Å². The molecule has 0 amide bonds. The molecule has 15 heavy (non-hydrogen) atoms. The van der Waals surface area contributed by atoms with Crippen molar-refractivity contribution >= 4 is 11.9 Å². The van der Waals surface area contributed by atoms with Crippen LogP contribution in [0.2, 0.25) is 0 Å². The fourth-order valence-corrected chi connectivity index (χ4v) is 1.21. The molecule has 0 bridgehead atoms. The van der Waals surface area contributed by atoms with E-state index in [-0.39, 0.29) is 0 Å². The molecule has 0 aromatic carbocycles.